The van der Waals surface area contributed by atoms with Crippen LogP contribution in [0.4, 0.5) is 4.79 Å². The van der Waals surface area contributed by atoms with Crippen LogP contribution in [0.25, 0.3) is 0 Å². The highest BCUT2D eigenvalue weighted by atomic mass is 35.5. The average molecular weight is 557 g/mol. The van der Waals surface area contributed by atoms with E-state index in [2.05, 4.69) is 10.6 Å². The van der Waals surface area contributed by atoms with E-state index < -0.39 is 24.1 Å². The minimum Gasteiger partial charge on any atom is -0.468 e. The van der Waals surface area contributed by atoms with Gasteiger partial charge >= 0.3 is 6.09 Å². The van der Waals surface area contributed by atoms with Crippen LogP contribution in [0.2, 0.25) is 5.02 Å². The Bertz CT molecular complexity index is 1170. The normalized spacial score (nSPS) is 12.5. The topological polar surface area (TPSA) is 97.6 Å². The summed E-state index contributed by atoms with van der Waals surface area (Å²) < 4.78 is 10.6. The molecule has 2 atom stereocenters. The summed E-state index contributed by atoms with van der Waals surface area (Å²) in [4.78, 5) is 39.1. The van der Waals surface area contributed by atoms with Gasteiger partial charge in [0.05, 0.1) is 23.8 Å². The zero-order valence-electron chi connectivity index (χ0n) is 21.5. The van der Waals surface area contributed by atoms with E-state index >= 15 is 0 Å². The van der Waals surface area contributed by atoms with Gasteiger partial charge in [0.2, 0.25) is 5.91 Å². The third-order valence-corrected chi connectivity index (χ3v) is 7.03. The number of hydrogen-bond donors (Lipinski definition) is 2. The molecule has 2 aromatic carbocycles. The van der Waals surface area contributed by atoms with E-state index in [4.69, 9.17) is 20.8 Å². The third-order valence-electron chi connectivity index (χ3n) is 5.68. The Kier molecular flexibility index (Phi) is 11.8. The van der Waals surface area contributed by atoms with Gasteiger partial charge in [-0.15, -0.1) is 11.8 Å². The number of carbonyl (C=O) groups excluding carboxylic acids is 3. The summed E-state index contributed by atoms with van der Waals surface area (Å²) in [7, 11) is 0. The molecule has 3 aromatic rings. The number of thioether (sulfide) groups is 1. The Morgan fingerprint density at radius 3 is 2.37 bits per heavy atom. The fourth-order valence-corrected chi connectivity index (χ4v) is 4.84. The molecule has 0 unspecified atom stereocenters. The predicted molar refractivity (Wildman–Crippen MR) is 150 cm³/mol. The van der Waals surface area contributed by atoms with E-state index in [1.807, 2.05) is 68.4 Å². The van der Waals surface area contributed by atoms with Gasteiger partial charge in [-0.1, -0.05) is 74.0 Å². The van der Waals surface area contributed by atoms with Crippen LogP contribution in [0.3, 0.4) is 0 Å². The lowest BCUT2D eigenvalue weighted by molar-refractivity contribution is -0.128. The second-order valence-corrected chi connectivity index (χ2v) is 10.7. The molecule has 3 rings (SSSR count). The smallest absolute Gasteiger partial charge is 0.408 e. The number of rotatable bonds is 14. The minimum atomic E-state index is -0.865. The maximum atomic E-state index is 13.4. The maximum absolute atomic E-state index is 13.4. The van der Waals surface area contributed by atoms with Crippen molar-refractivity contribution in [2.45, 2.75) is 51.1 Å². The first kappa shape index (κ1) is 29.3. The molecule has 0 spiro atoms. The number of ether oxygens (including phenoxy) is 1. The van der Waals surface area contributed by atoms with Gasteiger partial charge in [-0.25, -0.2) is 4.79 Å². The van der Waals surface area contributed by atoms with Crippen LogP contribution in [0, 0.1) is 5.92 Å². The number of carbonyl (C=O) groups is 3. The molecule has 7 nitrogen and oxygen atoms in total. The molecule has 38 heavy (non-hydrogen) atoms. The fourth-order valence-electron chi connectivity index (χ4n) is 3.76. The van der Waals surface area contributed by atoms with Gasteiger partial charge in [-0.05, 0) is 41.7 Å². The van der Waals surface area contributed by atoms with Crippen LogP contribution < -0.4 is 10.6 Å². The summed E-state index contributed by atoms with van der Waals surface area (Å²) >= 11 is 7.76. The SMILES string of the molecule is CC(C)C[C@H](NC(=O)OCc1ccccc1)C(=O)N[C@@H](Cc1ccccc1Cl)C(=O)CSCc1ccco1. The first-order valence-electron chi connectivity index (χ1n) is 12.5. The van der Waals surface area contributed by atoms with Crippen molar-refractivity contribution in [2.24, 2.45) is 5.92 Å². The van der Waals surface area contributed by atoms with Crippen LogP contribution in [-0.4, -0.2) is 35.6 Å². The number of amides is 2. The van der Waals surface area contributed by atoms with Crippen molar-refractivity contribution in [2.75, 3.05) is 5.75 Å². The van der Waals surface area contributed by atoms with Crippen molar-refractivity contribution >= 4 is 41.1 Å². The Morgan fingerprint density at radius 2 is 1.68 bits per heavy atom. The van der Waals surface area contributed by atoms with Gasteiger partial charge in [0.1, 0.15) is 18.4 Å². The van der Waals surface area contributed by atoms with Gasteiger partial charge in [0, 0.05) is 11.4 Å². The van der Waals surface area contributed by atoms with Gasteiger partial charge in [-0.2, -0.15) is 0 Å². The highest BCUT2D eigenvalue weighted by Gasteiger charge is 2.28. The van der Waals surface area contributed by atoms with Gasteiger partial charge < -0.3 is 19.8 Å². The first-order valence-corrected chi connectivity index (χ1v) is 14.0. The Labute approximate surface area is 232 Å². The lowest BCUT2D eigenvalue weighted by Gasteiger charge is -2.24. The molecule has 0 fully saturated rings. The molecular weight excluding hydrogens is 524 g/mol. The molecule has 0 aliphatic heterocycles. The van der Waals surface area contributed by atoms with E-state index in [0.717, 1.165) is 16.9 Å². The molecule has 0 saturated carbocycles. The second-order valence-electron chi connectivity index (χ2n) is 9.28. The van der Waals surface area contributed by atoms with Gasteiger partial charge in [0.15, 0.2) is 5.78 Å². The molecule has 0 aliphatic rings. The number of alkyl carbamates (subject to hydrolysis) is 1. The van der Waals surface area contributed by atoms with Crippen molar-refractivity contribution in [1.82, 2.24) is 10.6 Å². The number of furan rings is 1. The van der Waals surface area contributed by atoms with Crippen LogP contribution in [0.15, 0.2) is 77.4 Å². The molecule has 9 heteroatoms. The lowest BCUT2D eigenvalue weighted by atomic mass is 10.00. The summed E-state index contributed by atoms with van der Waals surface area (Å²) in [5.41, 5.74) is 1.59. The summed E-state index contributed by atoms with van der Waals surface area (Å²) in [5.74, 6) is 1.00. The molecule has 0 aliphatic carbocycles. The number of benzene rings is 2. The summed E-state index contributed by atoms with van der Waals surface area (Å²) in [6.07, 6.45) is 1.51. The number of hydrogen-bond acceptors (Lipinski definition) is 6. The molecule has 2 amide bonds. The van der Waals surface area contributed by atoms with Crippen LogP contribution in [0.5, 0.6) is 0 Å². The van der Waals surface area contributed by atoms with E-state index in [-0.39, 0.29) is 30.5 Å². The highest BCUT2D eigenvalue weighted by Crippen LogP contribution is 2.19. The third kappa shape index (κ3) is 9.91. The molecule has 0 saturated heterocycles. The number of nitrogens with one attached hydrogen (secondary N) is 2. The summed E-state index contributed by atoms with van der Waals surface area (Å²) in [5, 5.41) is 6.06. The van der Waals surface area contributed by atoms with Gasteiger partial charge in [-0.3, -0.25) is 9.59 Å². The van der Waals surface area contributed by atoms with Crippen LogP contribution >= 0.6 is 23.4 Å². The number of Topliss-reactive ketones (excluding diaryl/α,β-unsaturated/α-hetero) is 1. The molecule has 0 bridgehead atoms. The predicted octanol–water partition coefficient (Wildman–Crippen LogP) is 5.80. The van der Waals surface area contributed by atoms with E-state index in [0.29, 0.717) is 17.2 Å². The molecule has 1 aromatic heterocycles. The highest BCUT2D eigenvalue weighted by molar-refractivity contribution is 7.99. The molecule has 0 radical (unpaired) electrons. The maximum Gasteiger partial charge on any atom is 0.408 e. The number of halogens is 1. The van der Waals surface area contributed by atoms with E-state index in [9.17, 15) is 14.4 Å². The van der Waals surface area contributed by atoms with E-state index in [1.165, 1.54) is 11.8 Å². The molecular formula is C29H33ClN2O5S. The largest absolute Gasteiger partial charge is 0.468 e. The van der Waals surface area contributed by atoms with Crippen molar-refractivity contribution in [1.29, 1.82) is 0 Å². The van der Waals surface area contributed by atoms with Crippen molar-refractivity contribution in [3.63, 3.8) is 0 Å². The quantitative estimate of drug-likeness (QED) is 0.260. The Morgan fingerprint density at radius 1 is 0.947 bits per heavy atom. The van der Waals surface area contributed by atoms with E-state index in [1.54, 1.807) is 18.4 Å². The number of ketones is 1. The summed E-state index contributed by atoms with van der Waals surface area (Å²) in [6, 6.07) is 18.5. The van der Waals surface area contributed by atoms with Gasteiger partial charge in [0.25, 0.3) is 0 Å². The molecule has 1 heterocycles. The Hall–Kier alpha value is -3.23. The average Bonchev–Trinajstić information content (AvgIpc) is 3.42. The van der Waals surface area contributed by atoms with Crippen LogP contribution in [0.1, 0.15) is 37.2 Å². The fraction of sp³-hybridized carbons (Fsp3) is 0.345. The van der Waals surface area contributed by atoms with Crippen molar-refractivity contribution in [3.8, 4) is 0 Å². The first-order chi connectivity index (χ1) is 18.3. The second kappa shape index (κ2) is 15.2. The Balaban J connectivity index is 1.66. The van der Waals surface area contributed by atoms with Crippen molar-refractivity contribution < 1.29 is 23.5 Å². The zero-order valence-corrected chi connectivity index (χ0v) is 23.1. The standard InChI is InChI=1S/C29H33ClN2O5S/c1-20(2)15-26(32-29(35)37-17-21-9-4-3-5-10-21)28(34)31-25(16-22-11-6-7-13-24(22)30)27(33)19-38-18-23-12-8-14-36-23/h3-14,20,25-26H,15-19H2,1-2H3,(H,31,34)(H,32,35)/t25-,26-/m0/s1. The lowest BCUT2D eigenvalue weighted by Crippen LogP contribution is -2.53. The van der Waals surface area contributed by atoms with Crippen molar-refractivity contribution in [3.05, 3.63) is 94.9 Å². The van der Waals surface area contributed by atoms with Crippen LogP contribution in [-0.2, 0) is 33.1 Å². The monoisotopic (exact) mass is 556 g/mol. The molecule has 202 valence electrons. The summed E-state index contributed by atoms with van der Waals surface area (Å²) in [6.45, 7) is 3.99. The minimum absolute atomic E-state index is 0.0865. The zero-order chi connectivity index (χ0) is 27.3. The molecule has 2 N–H and O–H groups in total.